The number of benzene rings is 1. The Morgan fingerprint density at radius 3 is 2.64 bits per heavy atom. The summed E-state index contributed by atoms with van der Waals surface area (Å²) in [5.74, 6) is 1.77. The van der Waals surface area contributed by atoms with E-state index in [1.807, 2.05) is 26.0 Å². The second kappa shape index (κ2) is 7.38. The molecule has 0 unspecified atom stereocenters. The second-order valence-corrected chi connectivity index (χ2v) is 7.13. The van der Waals surface area contributed by atoms with Crippen LogP contribution in [0.2, 0.25) is 0 Å². The lowest BCUT2D eigenvalue weighted by Crippen LogP contribution is -2.39. The molecule has 1 aliphatic heterocycles. The first-order valence-electron chi connectivity index (χ1n) is 9.36. The molecule has 3 aromatic rings. The van der Waals surface area contributed by atoms with Crippen molar-refractivity contribution in [3.63, 3.8) is 0 Å². The van der Waals surface area contributed by atoms with Crippen LogP contribution in [0.3, 0.4) is 0 Å². The maximum atomic E-state index is 11.3. The van der Waals surface area contributed by atoms with Crippen LogP contribution in [-0.4, -0.2) is 39.0 Å². The highest BCUT2D eigenvalue weighted by atomic mass is 16.6. The number of nitrogens with one attached hydrogen (secondary N) is 1. The molecule has 0 spiro atoms. The molecule has 0 radical (unpaired) electrons. The van der Waals surface area contributed by atoms with E-state index in [1.165, 1.54) is 0 Å². The second-order valence-electron chi connectivity index (χ2n) is 7.13. The number of fused-ring (bicyclic) bond motifs is 1. The standard InChI is InChI=1S/C20H22N6O2/c1-13-11-20(23-14(2)22-13)25-9-6-15(7-10-25)24-18-3-4-19(26(27)28)17-12-21-8-5-16(17)18/h3-5,8,11-12,15,24H,6-7,9-10H2,1-2H3. The van der Waals surface area contributed by atoms with Crippen LogP contribution in [0.4, 0.5) is 17.2 Å². The third-order valence-corrected chi connectivity index (χ3v) is 5.12. The van der Waals surface area contributed by atoms with E-state index < -0.39 is 0 Å². The largest absolute Gasteiger partial charge is 0.382 e. The summed E-state index contributed by atoms with van der Waals surface area (Å²) in [6, 6.07) is 7.50. The summed E-state index contributed by atoms with van der Waals surface area (Å²) in [5.41, 5.74) is 1.97. The number of piperidine rings is 1. The van der Waals surface area contributed by atoms with Crippen molar-refractivity contribution >= 4 is 28.0 Å². The van der Waals surface area contributed by atoms with Crippen molar-refractivity contribution in [2.75, 3.05) is 23.3 Å². The van der Waals surface area contributed by atoms with E-state index in [4.69, 9.17) is 0 Å². The molecule has 2 aromatic heterocycles. The minimum atomic E-state index is -0.363. The lowest BCUT2D eigenvalue weighted by molar-refractivity contribution is -0.383. The topological polar surface area (TPSA) is 97.1 Å². The normalized spacial score (nSPS) is 15.0. The fourth-order valence-electron chi connectivity index (χ4n) is 3.79. The average molecular weight is 378 g/mol. The Morgan fingerprint density at radius 1 is 1.14 bits per heavy atom. The highest BCUT2D eigenvalue weighted by Crippen LogP contribution is 2.32. The Labute approximate surface area is 162 Å². The van der Waals surface area contributed by atoms with E-state index in [1.54, 1.807) is 24.5 Å². The zero-order valence-electron chi connectivity index (χ0n) is 15.9. The van der Waals surface area contributed by atoms with Gasteiger partial charge in [-0.1, -0.05) is 0 Å². The zero-order valence-corrected chi connectivity index (χ0v) is 15.9. The molecule has 0 saturated carbocycles. The van der Waals surface area contributed by atoms with Gasteiger partial charge in [-0.05, 0) is 38.8 Å². The van der Waals surface area contributed by atoms with Crippen molar-refractivity contribution < 1.29 is 4.92 Å². The Kier molecular flexibility index (Phi) is 4.77. The van der Waals surface area contributed by atoms with Gasteiger partial charge in [0.1, 0.15) is 11.6 Å². The summed E-state index contributed by atoms with van der Waals surface area (Å²) in [6.45, 7) is 5.71. The Hall–Kier alpha value is -3.29. The average Bonchev–Trinajstić information content (AvgIpc) is 2.68. The fraction of sp³-hybridized carbons (Fsp3) is 0.350. The number of hydrogen-bond donors (Lipinski definition) is 1. The summed E-state index contributed by atoms with van der Waals surface area (Å²) in [6.07, 6.45) is 5.15. The summed E-state index contributed by atoms with van der Waals surface area (Å²) in [5, 5.41) is 16.2. The minimum absolute atomic E-state index is 0.0815. The van der Waals surface area contributed by atoms with E-state index in [9.17, 15) is 10.1 Å². The lowest BCUT2D eigenvalue weighted by Gasteiger charge is -2.34. The first kappa shape index (κ1) is 18.1. The number of pyridine rings is 1. The quantitative estimate of drug-likeness (QED) is 0.547. The zero-order chi connectivity index (χ0) is 19.7. The van der Waals surface area contributed by atoms with Crippen LogP contribution < -0.4 is 10.2 Å². The highest BCUT2D eigenvalue weighted by Gasteiger charge is 2.22. The molecule has 0 amide bonds. The molecule has 3 heterocycles. The van der Waals surface area contributed by atoms with Crippen molar-refractivity contribution in [2.45, 2.75) is 32.7 Å². The molecule has 144 valence electrons. The first-order valence-corrected chi connectivity index (χ1v) is 9.36. The number of nitro groups is 1. The molecular weight excluding hydrogens is 356 g/mol. The van der Waals surface area contributed by atoms with Crippen molar-refractivity contribution in [3.8, 4) is 0 Å². The molecule has 28 heavy (non-hydrogen) atoms. The van der Waals surface area contributed by atoms with Crippen molar-refractivity contribution in [1.29, 1.82) is 0 Å². The molecule has 1 fully saturated rings. The maximum absolute atomic E-state index is 11.3. The monoisotopic (exact) mass is 378 g/mol. The molecule has 8 nitrogen and oxygen atoms in total. The molecular formula is C20H22N6O2. The first-order chi connectivity index (χ1) is 13.5. The highest BCUT2D eigenvalue weighted by molar-refractivity contribution is 5.99. The molecule has 0 atom stereocenters. The van der Waals surface area contributed by atoms with Crippen LogP contribution in [0.1, 0.15) is 24.4 Å². The summed E-state index contributed by atoms with van der Waals surface area (Å²) >= 11 is 0. The Bertz CT molecular complexity index is 1010. The number of rotatable bonds is 4. The molecule has 1 saturated heterocycles. The van der Waals surface area contributed by atoms with Gasteiger partial charge >= 0.3 is 0 Å². The molecule has 8 heteroatoms. The Balaban J connectivity index is 1.50. The van der Waals surface area contributed by atoms with Gasteiger partial charge in [-0.15, -0.1) is 0 Å². The van der Waals surface area contributed by atoms with Gasteiger partial charge in [-0.25, -0.2) is 9.97 Å². The van der Waals surface area contributed by atoms with Gasteiger partial charge < -0.3 is 10.2 Å². The maximum Gasteiger partial charge on any atom is 0.278 e. The molecule has 1 N–H and O–H groups in total. The van der Waals surface area contributed by atoms with Gasteiger partial charge in [-0.2, -0.15) is 0 Å². The van der Waals surface area contributed by atoms with Crippen LogP contribution in [0, 0.1) is 24.0 Å². The van der Waals surface area contributed by atoms with E-state index in [0.717, 1.165) is 54.3 Å². The molecule has 0 bridgehead atoms. The van der Waals surface area contributed by atoms with E-state index in [2.05, 4.69) is 25.2 Å². The van der Waals surface area contributed by atoms with Gasteiger partial charge in [0, 0.05) is 60.4 Å². The van der Waals surface area contributed by atoms with Gasteiger partial charge in [0.2, 0.25) is 0 Å². The third kappa shape index (κ3) is 3.58. The molecule has 4 rings (SSSR count). The lowest BCUT2D eigenvalue weighted by atomic mass is 10.0. The smallest absolute Gasteiger partial charge is 0.278 e. The van der Waals surface area contributed by atoms with Crippen LogP contribution in [0.5, 0.6) is 0 Å². The van der Waals surface area contributed by atoms with E-state index in [-0.39, 0.29) is 10.6 Å². The summed E-state index contributed by atoms with van der Waals surface area (Å²) < 4.78 is 0. The number of aromatic nitrogens is 3. The van der Waals surface area contributed by atoms with Gasteiger partial charge in [0.25, 0.3) is 5.69 Å². The predicted molar refractivity (Wildman–Crippen MR) is 109 cm³/mol. The third-order valence-electron chi connectivity index (χ3n) is 5.12. The van der Waals surface area contributed by atoms with E-state index in [0.29, 0.717) is 11.4 Å². The minimum Gasteiger partial charge on any atom is -0.382 e. The van der Waals surface area contributed by atoms with Gasteiger partial charge in [-0.3, -0.25) is 15.1 Å². The SMILES string of the molecule is Cc1cc(N2CCC(Nc3ccc([N+](=O)[O-])c4cnccc34)CC2)nc(C)n1. The molecule has 0 aliphatic carbocycles. The number of anilines is 2. The summed E-state index contributed by atoms with van der Waals surface area (Å²) in [7, 11) is 0. The van der Waals surface area contributed by atoms with Gasteiger partial charge in [0.15, 0.2) is 0 Å². The number of aryl methyl sites for hydroxylation is 2. The number of hydrogen-bond acceptors (Lipinski definition) is 7. The van der Waals surface area contributed by atoms with Crippen molar-refractivity contribution in [2.24, 2.45) is 0 Å². The fourth-order valence-corrected chi connectivity index (χ4v) is 3.79. The van der Waals surface area contributed by atoms with Crippen LogP contribution in [0.25, 0.3) is 10.8 Å². The number of non-ortho nitro benzene ring substituents is 1. The predicted octanol–water partition coefficient (Wildman–Crippen LogP) is 3.63. The van der Waals surface area contributed by atoms with Crippen LogP contribution in [-0.2, 0) is 0 Å². The number of nitro benzene ring substituents is 1. The molecule has 1 aromatic carbocycles. The Morgan fingerprint density at radius 2 is 1.93 bits per heavy atom. The van der Waals surface area contributed by atoms with Crippen LogP contribution >= 0.6 is 0 Å². The molecule has 1 aliphatic rings. The number of nitrogens with zero attached hydrogens (tertiary/aromatic N) is 5. The summed E-state index contributed by atoms with van der Waals surface area (Å²) in [4.78, 5) is 26.2. The van der Waals surface area contributed by atoms with Crippen molar-refractivity contribution in [1.82, 2.24) is 15.0 Å². The van der Waals surface area contributed by atoms with Crippen molar-refractivity contribution in [3.05, 3.63) is 58.3 Å². The van der Waals surface area contributed by atoms with E-state index >= 15 is 0 Å². The van der Waals surface area contributed by atoms with Gasteiger partial charge in [0.05, 0.1) is 10.3 Å². The van der Waals surface area contributed by atoms with Crippen LogP contribution in [0.15, 0.2) is 36.7 Å².